The summed E-state index contributed by atoms with van der Waals surface area (Å²) in [4.78, 5) is 24.0. The summed E-state index contributed by atoms with van der Waals surface area (Å²) < 4.78 is 5.65. The van der Waals surface area contributed by atoms with Gasteiger partial charge in [-0.2, -0.15) is 0 Å². The maximum absolute atomic E-state index is 12.6. The van der Waals surface area contributed by atoms with Crippen LogP contribution < -0.4 is 5.32 Å². The van der Waals surface area contributed by atoms with E-state index in [9.17, 15) is 14.7 Å². The fourth-order valence-electron chi connectivity index (χ4n) is 4.75. The fraction of sp³-hybridized carbons (Fsp3) is 0.333. The molecule has 0 aliphatic heterocycles. The minimum Gasteiger partial charge on any atom is -0.481 e. The van der Waals surface area contributed by atoms with Gasteiger partial charge in [0.25, 0.3) is 0 Å². The lowest BCUT2D eigenvalue weighted by atomic mass is 9.86. The molecule has 5 heteroatoms. The number of fused-ring (bicyclic) bond motifs is 3. The first-order valence-corrected chi connectivity index (χ1v) is 12.1. The topological polar surface area (TPSA) is 75.6 Å². The Hall–Kier alpha value is -3.44. The van der Waals surface area contributed by atoms with Gasteiger partial charge < -0.3 is 15.2 Å². The predicted octanol–water partition coefficient (Wildman–Crippen LogP) is 5.32. The minimum atomic E-state index is -0.902. The summed E-state index contributed by atoms with van der Waals surface area (Å²) in [7, 11) is 0. The van der Waals surface area contributed by atoms with Gasteiger partial charge in [0, 0.05) is 12.0 Å². The molecule has 2 N–H and O–H groups in total. The Labute approximate surface area is 207 Å². The molecule has 0 spiro atoms. The SMILES string of the molecule is CC(C)(C)c1ccc(CC(CC(=O)O)NCC(=O)OCC2c3ccccc3-c3ccccc32)cc1. The van der Waals surface area contributed by atoms with Crippen molar-refractivity contribution >= 4 is 11.9 Å². The van der Waals surface area contributed by atoms with Crippen LogP contribution in [0.3, 0.4) is 0 Å². The first kappa shape index (κ1) is 24.7. The number of hydrogen-bond donors (Lipinski definition) is 2. The zero-order valence-corrected chi connectivity index (χ0v) is 20.6. The van der Waals surface area contributed by atoms with Crippen molar-refractivity contribution in [3.8, 4) is 11.1 Å². The highest BCUT2D eigenvalue weighted by molar-refractivity contribution is 5.79. The molecule has 0 radical (unpaired) electrons. The van der Waals surface area contributed by atoms with E-state index in [4.69, 9.17) is 4.74 Å². The van der Waals surface area contributed by atoms with E-state index in [1.165, 1.54) is 16.7 Å². The number of carboxylic acids is 1. The first-order valence-electron chi connectivity index (χ1n) is 12.1. The second kappa shape index (κ2) is 10.4. The number of ether oxygens (including phenoxy) is 1. The highest BCUT2D eigenvalue weighted by Crippen LogP contribution is 2.44. The summed E-state index contributed by atoms with van der Waals surface area (Å²) in [5.74, 6) is -1.28. The largest absolute Gasteiger partial charge is 0.481 e. The third-order valence-electron chi connectivity index (χ3n) is 6.63. The summed E-state index contributed by atoms with van der Waals surface area (Å²) in [6, 6.07) is 24.3. The van der Waals surface area contributed by atoms with Crippen molar-refractivity contribution in [2.75, 3.05) is 13.2 Å². The minimum absolute atomic E-state index is 0.00231. The smallest absolute Gasteiger partial charge is 0.319 e. The molecule has 5 nitrogen and oxygen atoms in total. The number of benzene rings is 3. The Morgan fingerprint density at radius 2 is 1.49 bits per heavy atom. The van der Waals surface area contributed by atoms with Crippen LogP contribution in [0.25, 0.3) is 11.1 Å². The van der Waals surface area contributed by atoms with Crippen molar-refractivity contribution in [2.45, 2.75) is 51.0 Å². The van der Waals surface area contributed by atoms with E-state index in [-0.39, 0.29) is 42.9 Å². The van der Waals surface area contributed by atoms with Crippen LogP contribution in [0.4, 0.5) is 0 Å². The molecule has 1 aliphatic rings. The number of rotatable bonds is 9. The number of carbonyl (C=O) groups excluding carboxylic acids is 1. The Bertz CT molecular complexity index is 1150. The number of carbonyl (C=O) groups is 2. The number of carboxylic acid groups (broad SMARTS) is 1. The van der Waals surface area contributed by atoms with Gasteiger partial charge in [0.2, 0.25) is 0 Å². The molecule has 0 amide bonds. The van der Waals surface area contributed by atoms with Crippen LogP contribution in [-0.2, 0) is 26.2 Å². The molecule has 0 saturated heterocycles. The average molecular weight is 472 g/mol. The van der Waals surface area contributed by atoms with Crippen molar-refractivity contribution in [1.82, 2.24) is 5.32 Å². The van der Waals surface area contributed by atoms with E-state index in [0.717, 1.165) is 16.7 Å². The maximum atomic E-state index is 12.6. The van der Waals surface area contributed by atoms with Crippen LogP contribution in [0.1, 0.15) is 55.4 Å². The van der Waals surface area contributed by atoms with Gasteiger partial charge in [-0.3, -0.25) is 9.59 Å². The molecule has 1 atom stereocenters. The van der Waals surface area contributed by atoms with Gasteiger partial charge in [-0.15, -0.1) is 0 Å². The fourth-order valence-corrected chi connectivity index (χ4v) is 4.75. The maximum Gasteiger partial charge on any atom is 0.319 e. The Kier molecular flexibility index (Phi) is 7.37. The van der Waals surface area contributed by atoms with Crippen LogP contribution >= 0.6 is 0 Å². The van der Waals surface area contributed by atoms with Crippen molar-refractivity contribution in [3.05, 3.63) is 95.1 Å². The molecule has 3 aromatic rings. The summed E-state index contributed by atoms with van der Waals surface area (Å²) >= 11 is 0. The third-order valence-corrected chi connectivity index (χ3v) is 6.63. The molecule has 0 fully saturated rings. The molecule has 0 heterocycles. The van der Waals surface area contributed by atoms with E-state index < -0.39 is 5.97 Å². The van der Waals surface area contributed by atoms with Gasteiger partial charge in [0.15, 0.2) is 0 Å². The summed E-state index contributed by atoms with van der Waals surface area (Å²) in [6.45, 7) is 6.70. The quantitative estimate of drug-likeness (QED) is 0.414. The highest BCUT2D eigenvalue weighted by atomic mass is 16.5. The average Bonchev–Trinajstić information content (AvgIpc) is 3.14. The van der Waals surface area contributed by atoms with Gasteiger partial charge >= 0.3 is 11.9 Å². The second-order valence-corrected chi connectivity index (χ2v) is 10.2. The number of nitrogens with one attached hydrogen (secondary N) is 1. The van der Waals surface area contributed by atoms with Crippen LogP contribution in [0, 0.1) is 0 Å². The molecule has 0 aromatic heterocycles. The molecular weight excluding hydrogens is 438 g/mol. The number of hydrogen-bond acceptors (Lipinski definition) is 4. The third kappa shape index (κ3) is 5.98. The van der Waals surface area contributed by atoms with Crippen LogP contribution in [0.15, 0.2) is 72.8 Å². The lowest BCUT2D eigenvalue weighted by molar-refractivity contribution is -0.143. The monoisotopic (exact) mass is 471 g/mol. The highest BCUT2D eigenvalue weighted by Gasteiger charge is 2.29. The molecule has 0 saturated carbocycles. The van der Waals surface area contributed by atoms with Crippen LogP contribution in [0.5, 0.6) is 0 Å². The molecule has 4 rings (SSSR count). The molecule has 1 unspecified atom stereocenters. The first-order chi connectivity index (χ1) is 16.7. The molecule has 182 valence electrons. The zero-order valence-electron chi connectivity index (χ0n) is 20.6. The van der Waals surface area contributed by atoms with Gasteiger partial charge in [0.1, 0.15) is 6.61 Å². The van der Waals surface area contributed by atoms with Gasteiger partial charge in [-0.1, -0.05) is 93.6 Å². The van der Waals surface area contributed by atoms with Gasteiger partial charge in [0.05, 0.1) is 13.0 Å². The molecule has 3 aromatic carbocycles. The molecule has 0 bridgehead atoms. The Balaban J connectivity index is 1.35. The standard InChI is InChI=1S/C30H33NO4/c1-30(2,3)21-14-12-20(13-15-21)16-22(17-28(32)33)31-18-29(34)35-19-27-25-10-6-4-8-23(25)24-9-5-7-11-26(24)27/h4-15,22,27,31H,16-19H2,1-3H3,(H,32,33). The van der Waals surface area contributed by atoms with Crippen LogP contribution in [0.2, 0.25) is 0 Å². The Morgan fingerprint density at radius 1 is 0.914 bits per heavy atom. The Morgan fingerprint density at radius 3 is 2.03 bits per heavy atom. The van der Waals surface area contributed by atoms with Crippen LogP contribution in [-0.4, -0.2) is 36.2 Å². The summed E-state index contributed by atoms with van der Waals surface area (Å²) in [6.07, 6.45) is 0.449. The van der Waals surface area contributed by atoms with Gasteiger partial charge in [-0.25, -0.2) is 0 Å². The van der Waals surface area contributed by atoms with E-state index in [2.05, 4.69) is 62.5 Å². The molecule has 35 heavy (non-hydrogen) atoms. The zero-order chi connectivity index (χ0) is 25.0. The normalized spacial score (nSPS) is 13.7. The lowest BCUT2D eigenvalue weighted by Gasteiger charge is -2.21. The van der Waals surface area contributed by atoms with E-state index in [1.807, 2.05) is 36.4 Å². The second-order valence-electron chi connectivity index (χ2n) is 10.2. The predicted molar refractivity (Wildman–Crippen MR) is 138 cm³/mol. The number of esters is 1. The molecule has 1 aliphatic carbocycles. The van der Waals surface area contributed by atoms with Gasteiger partial charge in [-0.05, 0) is 45.2 Å². The van der Waals surface area contributed by atoms with Crippen molar-refractivity contribution < 1.29 is 19.4 Å². The van der Waals surface area contributed by atoms with E-state index in [0.29, 0.717) is 6.42 Å². The summed E-state index contributed by atoms with van der Waals surface area (Å²) in [5.41, 5.74) is 7.00. The van der Waals surface area contributed by atoms with Crippen molar-refractivity contribution in [3.63, 3.8) is 0 Å². The van der Waals surface area contributed by atoms with Crippen molar-refractivity contribution in [2.24, 2.45) is 0 Å². The number of aliphatic carboxylic acids is 1. The van der Waals surface area contributed by atoms with Crippen molar-refractivity contribution in [1.29, 1.82) is 0 Å². The molecular formula is C30H33NO4. The lowest BCUT2D eigenvalue weighted by Crippen LogP contribution is -2.38. The van der Waals surface area contributed by atoms with E-state index >= 15 is 0 Å². The summed E-state index contributed by atoms with van der Waals surface area (Å²) in [5, 5.41) is 12.5. The van der Waals surface area contributed by atoms with E-state index in [1.54, 1.807) is 0 Å².